The summed E-state index contributed by atoms with van der Waals surface area (Å²) in [6.07, 6.45) is 1.72. The Morgan fingerprint density at radius 2 is 1.45 bits per heavy atom. The molecular weight excluding hydrogens is 414 g/mol. The van der Waals surface area contributed by atoms with E-state index < -0.39 is 0 Å². The van der Waals surface area contributed by atoms with Gasteiger partial charge in [-0.1, -0.05) is 6.07 Å². The molecule has 166 valence electrons. The molecule has 0 fully saturated rings. The number of pyridine rings is 1. The lowest BCUT2D eigenvalue weighted by atomic mass is 10.2. The van der Waals surface area contributed by atoms with Gasteiger partial charge in [0.25, 0.3) is 5.91 Å². The van der Waals surface area contributed by atoms with Gasteiger partial charge in [-0.05, 0) is 67.6 Å². The van der Waals surface area contributed by atoms with Crippen LogP contribution in [-0.4, -0.2) is 35.0 Å². The van der Waals surface area contributed by atoms with Crippen molar-refractivity contribution in [2.24, 2.45) is 0 Å². The van der Waals surface area contributed by atoms with Gasteiger partial charge in [-0.2, -0.15) is 0 Å². The van der Waals surface area contributed by atoms with Crippen LogP contribution in [0.2, 0.25) is 0 Å². The molecule has 2 aromatic heterocycles. The standard InChI is InChI=1S/C25H25N7O/c1-17-27-23(16-24(28-17)31-22-6-4-5-15-26-22)29-19-9-11-20(12-10-19)30-25(33)18-7-13-21(14-8-18)32(2)3/h4-16H,1-3H3,(H,30,33)(H2,26,27,28,29,31). The average Bonchev–Trinajstić information content (AvgIpc) is 2.80. The maximum Gasteiger partial charge on any atom is 0.255 e. The fraction of sp³-hybridized carbons (Fsp3) is 0.120. The summed E-state index contributed by atoms with van der Waals surface area (Å²) in [4.78, 5) is 27.6. The van der Waals surface area contributed by atoms with Crippen LogP contribution in [0.25, 0.3) is 0 Å². The van der Waals surface area contributed by atoms with Gasteiger partial charge in [-0.3, -0.25) is 4.79 Å². The number of rotatable bonds is 7. The van der Waals surface area contributed by atoms with E-state index in [-0.39, 0.29) is 5.91 Å². The molecule has 8 heteroatoms. The van der Waals surface area contributed by atoms with Gasteiger partial charge in [0.15, 0.2) is 0 Å². The zero-order valence-corrected chi connectivity index (χ0v) is 18.7. The minimum absolute atomic E-state index is 0.155. The molecule has 4 aromatic rings. The molecule has 8 nitrogen and oxygen atoms in total. The Labute approximate surface area is 192 Å². The Kier molecular flexibility index (Phi) is 6.45. The molecule has 0 aliphatic rings. The highest BCUT2D eigenvalue weighted by molar-refractivity contribution is 6.04. The van der Waals surface area contributed by atoms with Crippen molar-refractivity contribution in [1.82, 2.24) is 15.0 Å². The van der Waals surface area contributed by atoms with Crippen molar-refractivity contribution in [3.63, 3.8) is 0 Å². The molecule has 1 amide bonds. The summed E-state index contributed by atoms with van der Waals surface area (Å²) in [6.45, 7) is 1.83. The van der Waals surface area contributed by atoms with Crippen LogP contribution >= 0.6 is 0 Å². The quantitative estimate of drug-likeness (QED) is 0.374. The van der Waals surface area contributed by atoms with Crippen molar-refractivity contribution in [2.75, 3.05) is 34.9 Å². The molecule has 33 heavy (non-hydrogen) atoms. The van der Waals surface area contributed by atoms with Gasteiger partial charge >= 0.3 is 0 Å². The van der Waals surface area contributed by atoms with E-state index >= 15 is 0 Å². The lowest BCUT2D eigenvalue weighted by Gasteiger charge is -2.13. The Hall–Kier alpha value is -4.46. The summed E-state index contributed by atoms with van der Waals surface area (Å²) in [5.74, 6) is 2.48. The number of aromatic nitrogens is 3. The second kappa shape index (κ2) is 9.78. The fourth-order valence-corrected chi connectivity index (χ4v) is 3.16. The maximum atomic E-state index is 12.5. The van der Waals surface area contributed by atoms with E-state index in [9.17, 15) is 4.79 Å². The first-order chi connectivity index (χ1) is 16.0. The van der Waals surface area contributed by atoms with Gasteiger partial charge in [-0.25, -0.2) is 15.0 Å². The van der Waals surface area contributed by atoms with Crippen LogP contribution in [-0.2, 0) is 0 Å². The van der Waals surface area contributed by atoms with Crippen molar-refractivity contribution >= 4 is 40.4 Å². The number of anilines is 6. The molecule has 0 bridgehead atoms. The fourth-order valence-electron chi connectivity index (χ4n) is 3.16. The third-order valence-electron chi connectivity index (χ3n) is 4.82. The van der Waals surface area contributed by atoms with Crippen LogP contribution in [0.4, 0.5) is 34.5 Å². The second-order valence-corrected chi connectivity index (χ2v) is 7.62. The number of nitrogens with one attached hydrogen (secondary N) is 3. The predicted octanol–water partition coefficient (Wildman–Crippen LogP) is 4.99. The average molecular weight is 440 g/mol. The third kappa shape index (κ3) is 5.82. The van der Waals surface area contributed by atoms with Crippen molar-refractivity contribution in [2.45, 2.75) is 6.92 Å². The minimum Gasteiger partial charge on any atom is -0.378 e. The third-order valence-corrected chi connectivity index (χ3v) is 4.82. The SMILES string of the molecule is Cc1nc(Nc2ccc(NC(=O)c3ccc(N(C)C)cc3)cc2)cc(Nc2ccccn2)n1. The van der Waals surface area contributed by atoms with Crippen molar-refractivity contribution in [1.29, 1.82) is 0 Å². The normalized spacial score (nSPS) is 10.4. The molecule has 3 N–H and O–H groups in total. The van der Waals surface area contributed by atoms with Crippen molar-refractivity contribution in [3.8, 4) is 0 Å². The molecule has 0 saturated heterocycles. The largest absolute Gasteiger partial charge is 0.378 e. The highest BCUT2D eigenvalue weighted by Crippen LogP contribution is 2.21. The highest BCUT2D eigenvalue weighted by atomic mass is 16.1. The number of aryl methyl sites for hydroxylation is 1. The Morgan fingerprint density at radius 3 is 2.09 bits per heavy atom. The number of carbonyl (C=O) groups is 1. The van der Waals surface area contributed by atoms with Crippen molar-refractivity contribution < 1.29 is 4.79 Å². The second-order valence-electron chi connectivity index (χ2n) is 7.62. The number of amides is 1. The zero-order chi connectivity index (χ0) is 23.2. The lowest BCUT2D eigenvalue weighted by molar-refractivity contribution is 0.102. The zero-order valence-electron chi connectivity index (χ0n) is 18.7. The molecule has 0 radical (unpaired) electrons. The molecule has 0 aliphatic carbocycles. The van der Waals surface area contributed by atoms with Crippen LogP contribution in [0.15, 0.2) is 79.0 Å². The summed E-state index contributed by atoms with van der Waals surface area (Å²) in [7, 11) is 3.93. The van der Waals surface area contributed by atoms with Gasteiger partial charge < -0.3 is 20.9 Å². The summed E-state index contributed by atoms with van der Waals surface area (Å²) < 4.78 is 0. The first kappa shape index (κ1) is 21.8. The van der Waals surface area contributed by atoms with E-state index in [1.165, 1.54) is 0 Å². The van der Waals surface area contributed by atoms with Crippen molar-refractivity contribution in [3.05, 3.63) is 90.4 Å². The Morgan fingerprint density at radius 1 is 0.788 bits per heavy atom. The number of carbonyl (C=O) groups excluding carboxylic acids is 1. The maximum absolute atomic E-state index is 12.5. The van der Waals surface area contributed by atoms with Crippen LogP contribution in [0.1, 0.15) is 16.2 Å². The lowest BCUT2D eigenvalue weighted by Crippen LogP contribution is -2.13. The number of hydrogen-bond donors (Lipinski definition) is 3. The molecule has 0 spiro atoms. The smallest absolute Gasteiger partial charge is 0.255 e. The van der Waals surface area contributed by atoms with Gasteiger partial charge in [0.1, 0.15) is 23.3 Å². The number of benzene rings is 2. The number of hydrogen-bond acceptors (Lipinski definition) is 7. The topological polar surface area (TPSA) is 95.1 Å². The highest BCUT2D eigenvalue weighted by Gasteiger charge is 2.08. The van der Waals surface area contributed by atoms with Crippen LogP contribution in [0, 0.1) is 6.92 Å². The summed E-state index contributed by atoms with van der Waals surface area (Å²) in [6, 6.07) is 22.4. The van der Waals surface area contributed by atoms with Gasteiger partial charge in [0, 0.05) is 49.0 Å². The molecular formula is C25H25N7O. The van der Waals surface area contributed by atoms with E-state index in [0.717, 1.165) is 11.4 Å². The first-order valence-electron chi connectivity index (χ1n) is 10.5. The summed E-state index contributed by atoms with van der Waals surface area (Å²) in [5, 5.41) is 9.37. The van der Waals surface area contributed by atoms with Gasteiger partial charge in [-0.15, -0.1) is 0 Å². The van der Waals surface area contributed by atoms with E-state index in [0.29, 0.717) is 34.5 Å². The van der Waals surface area contributed by atoms with E-state index in [1.54, 1.807) is 6.20 Å². The molecule has 4 rings (SSSR count). The van der Waals surface area contributed by atoms with Crippen LogP contribution < -0.4 is 20.9 Å². The molecule has 2 heterocycles. The van der Waals surface area contributed by atoms with E-state index in [1.807, 2.05) is 98.7 Å². The van der Waals surface area contributed by atoms with Gasteiger partial charge in [0.05, 0.1) is 0 Å². The predicted molar refractivity (Wildman–Crippen MR) is 133 cm³/mol. The Bertz CT molecular complexity index is 1220. The molecule has 0 unspecified atom stereocenters. The van der Waals surface area contributed by atoms with E-state index in [4.69, 9.17) is 0 Å². The monoisotopic (exact) mass is 439 g/mol. The molecule has 0 saturated carbocycles. The summed E-state index contributed by atoms with van der Waals surface area (Å²) in [5.41, 5.74) is 3.19. The molecule has 0 aliphatic heterocycles. The minimum atomic E-state index is -0.155. The number of nitrogens with zero attached hydrogens (tertiary/aromatic N) is 4. The van der Waals surface area contributed by atoms with Crippen LogP contribution in [0.3, 0.4) is 0 Å². The molecule has 0 atom stereocenters. The van der Waals surface area contributed by atoms with E-state index in [2.05, 4.69) is 30.9 Å². The van der Waals surface area contributed by atoms with Crippen LogP contribution in [0.5, 0.6) is 0 Å². The first-order valence-corrected chi connectivity index (χ1v) is 10.5. The Balaban J connectivity index is 1.40. The van der Waals surface area contributed by atoms with Gasteiger partial charge in [0.2, 0.25) is 0 Å². The molecule has 2 aromatic carbocycles. The summed E-state index contributed by atoms with van der Waals surface area (Å²) >= 11 is 0.